The molecule has 0 fully saturated rings. The average Bonchev–Trinajstić information content (AvgIpc) is 2.61. The molecule has 1 aromatic heterocycles. The minimum atomic E-state index is -4.04. The van der Waals surface area contributed by atoms with Crippen LogP contribution in [0.1, 0.15) is 24.1 Å². The largest absolute Gasteiger partial charge is 0.497 e. The highest BCUT2D eigenvalue weighted by Gasteiger charge is 2.19. The van der Waals surface area contributed by atoms with Crippen molar-refractivity contribution in [2.75, 3.05) is 13.7 Å². The molecule has 2 aromatic rings. The van der Waals surface area contributed by atoms with Crippen LogP contribution in [-0.2, 0) is 29.4 Å². The molecule has 0 bridgehead atoms. The Morgan fingerprint density at radius 3 is 2.77 bits per heavy atom. The second-order valence-corrected chi connectivity index (χ2v) is 7.81. The third-order valence-corrected chi connectivity index (χ3v) is 5.81. The quantitative estimate of drug-likeness (QED) is 0.813. The Morgan fingerprint density at radius 2 is 2.04 bits per heavy atom. The van der Waals surface area contributed by atoms with E-state index >= 15 is 0 Å². The van der Waals surface area contributed by atoms with E-state index in [1.807, 2.05) is 0 Å². The van der Waals surface area contributed by atoms with Crippen LogP contribution in [-0.4, -0.2) is 31.9 Å². The Hall–Kier alpha value is -2.26. The summed E-state index contributed by atoms with van der Waals surface area (Å²) >= 11 is 0. The highest BCUT2D eigenvalue weighted by molar-refractivity contribution is 7.89. The Morgan fingerprint density at radius 1 is 1.27 bits per heavy atom. The Kier molecular flexibility index (Phi) is 5.38. The minimum absolute atomic E-state index is 0.0699. The first-order chi connectivity index (χ1) is 12.4. The lowest BCUT2D eigenvalue weighted by atomic mass is 9.97. The predicted octanol–water partition coefficient (Wildman–Crippen LogP) is 1.25. The van der Waals surface area contributed by atoms with Crippen molar-refractivity contribution >= 4 is 10.0 Å². The molecule has 0 saturated carbocycles. The van der Waals surface area contributed by atoms with Crippen LogP contribution in [0.4, 0.5) is 4.39 Å². The van der Waals surface area contributed by atoms with Gasteiger partial charge in [-0.25, -0.2) is 22.2 Å². The molecular formula is C17H20FN3O4S. The van der Waals surface area contributed by atoms with Crippen LogP contribution in [0.15, 0.2) is 34.0 Å². The lowest BCUT2D eigenvalue weighted by Crippen LogP contribution is -2.33. The number of aromatic nitrogens is 2. The van der Waals surface area contributed by atoms with Gasteiger partial charge in [-0.15, -0.1) is 0 Å². The molecule has 0 radical (unpaired) electrons. The summed E-state index contributed by atoms with van der Waals surface area (Å²) in [6.45, 7) is 0.00259. The van der Waals surface area contributed by atoms with E-state index < -0.39 is 20.7 Å². The van der Waals surface area contributed by atoms with Crippen molar-refractivity contribution in [1.82, 2.24) is 14.5 Å². The van der Waals surface area contributed by atoms with Crippen LogP contribution in [0.2, 0.25) is 0 Å². The summed E-state index contributed by atoms with van der Waals surface area (Å²) in [7, 11) is -2.67. The van der Waals surface area contributed by atoms with Crippen molar-refractivity contribution in [3.8, 4) is 5.75 Å². The topological polar surface area (TPSA) is 90.3 Å². The molecule has 26 heavy (non-hydrogen) atoms. The van der Waals surface area contributed by atoms with Gasteiger partial charge in [0, 0.05) is 18.7 Å². The lowest BCUT2D eigenvalue weighted by molar-refractivity contribution is 0.409. The molecule has 0 aliphatic heterocycles. The summed E-state index contributed by atoms with van der Waals surface area (Å²) in [6, 6.07) is 5.08. The van der Waals surface area contributed by atoms with Crippen molar-refractivity contribution in [3.63, 3.8) is 0 Å². The molecule has 0 amide bonds. The zero-order chi connectivity index (χ0) is 18.7. The molecule has 1 aliphatic rings. The number of benzene rings is 1. The van der Waals surface area contributed by atoms with Gasteiger partial charge in [0.2, 0.25) is 10.0 Å². The highest BCUT2D eigenvalue weighted by atomic mass is 32.2. The van der Waals surface area contributed by atoms with Gasteiger partial charge in [0.05, 0.1) is 19.3 Å². The van der Waals surface area contributed by atoms with Crippen LogP contribution >= 0.6 is 0 Å². The van der Waals surface area contributed by atoms with E-state index in [4.69, 9.17) is 4.74 Å². The van der Waals surface area contributed by atoms with Gasteiger partial charge in [-0.2, -0.15) is 5.10 Å². The molecule has 0 atom stereocenters. The number of methoxy groups -OCH3 is 1. The molecule has 1 N–H and O–H groups in total. The van der Waals surface area contributed by atoms with E-state index in [1.54, 1.807) is 6.07 Å². The second kappa shape index (κ2) is 7.55. The zero-order valence-electron chi connectivity index (χ0n) is 14.4. The molecule has 140 valence electrons. The number of nitrogens with one attached hydrogen (secondary N) is 1. The zero-order valence-corrected chi connectivity index (χ0v) is 15.2. The average molecular weight is 381 g/mol. The van der Waals surface area contributed by atoms with Gasteiger partial charge in [-0.1, -0.05) is 0 Å². The third-order valence-electron chi connectivity index (χ3n) is 4.32. The van der Waals surface area contributed by atoms with E-state index in [1.165, 1.54) is 17.9 Å². The van der Waals surface area contributed by atoms with E-state index in [9.17, 15) is 17.6 Å². The first kappa shape index (κ1) is 18.5. The number of hydrogen-bond donors (Lipinski definition) is 1. The number of sulfonamides is 1. The molecule has 1 aromatic carbocycles. The lowest BCUT2D eigenvalue weighted by Gasteiger charge is -2.16. The van der Waals surface area contributed by atoms with Gasteiger partial charge in [-0.05, 0) is 43.4 Å². The van der Waals surface area contributed by atoms with Gasteiger partial charge < -0.3 is 4.74 Å². The standard InChI is InChI=1S/C17H20FN3O4S/c1-25-13-6-7-16(14(18)11-13)26(23,24)19-8-9-21-17(22)10-12-4-2-3-5-15(12)20-21/h6-7,10-11,19H,2-5,8-9H2,1H3. The third kappa shape index (κ3) is 3.94. The van der Waals surface area contributed by atoms with E-state index in [-0.39, 0.29) is 24.4 Å². The molecule has 0 saturated heterocycles. The molecular weight excluding hydrogens is 361 g/mol. The summed E-state index contributed by atoms with van der Waals surface area (Å²) in [5.41, 5.74) is 1.60. The normalized spacial score (nSPS) is 14.1. The van der Waals surface area contributed by atoms with Crippen molar-refractivity contribution in [2.24, 2.45) is 0 Å². The molecule has 0 unspecified atom stereocenters. The highest BCUT2D eigenvalue weighted by Crippen LogP contribution is 2.20. The van der Waals surface area contributed by atoms with Crippen LogP contribution in [0.3, 0.4) is 0 Å². The summed E-state index contributed by atoms with van der Waals surface area (Å²) in [6.07, 6.45) is 3.74. The van der Waals surface area contributed by atoms with Gasteiger partial charge in [0.15, 0.2) is 0 Å². The maximum atomic E-state index is 14.0. The van der Waals surface area contributed by atoms with Crippen LogP contribution in [0, 0.1) is 5.82 Å². The Balaban J connectivity index is 1.70. The van der Waals surface area contributed by atoms with Gasteiger partial charge in [0.1, 0.15) is 16.5 Å². The Labute approximate surface area is 150 Å². The van der Waals surface area contributed by atoms with Crippen molar-refractivity contribution in [2.45, 2.75) is 37.1 Å². The molecule has 1 heterocycles. The van der Waals surface area contributed by atoms with E-state index in [0.29, 0.717) is 0 Å². The predicted molar refractivity (Wildman–Crippen MR) is 93.3 cm³/mol. The monoisotopic (exact) mass is 381 g/mol. The first-order valence-electron chi connectivity index (χ1n) is 8.34. The summed E-state index contributed by atoms with van der Waals surface area (Å²) in [4.78, 5) is 11.6. The van der Waals surface area contributed by atoms with Gasteiger partial charge in [0.25, 0.3) is 5.56 Å². The molecule has 0 spiro atoms. The number of rotatable bonds is 6. The molecule has 1 aliphatic carbocycles. The van der Waals surface area contributed by atoms with Crippen molar-refractivity contribution in [1.29, 1.82) is 0 Å². The fourth-order valence-corrected chi connectivity index (χ4v) is 4.03. The number of ether oxygens (including phenoxy) is 1. The number of fused-ring (bicyclic) bond motifs is 1. The summed E-state index contributed by atoms with van der Waals surface area (Å²) in [5.74, 6) is -0.674. The molecule has 9 heteroatoms. The van der Waals surface area contributed by atoms with Crippen molar-refractivity contribution in [3.05, 3.63) is 51.7 Å². The second-order valence-electron chi connectivity index (χ2n) is 6.08. The fourth-order valence-electron chi connectivity index (χ4n) is 2.95. The number of nitrogens with zero attached hydrogens (tertiary/aromatic N) is 2. The van der Waals surface area contributed by atoms with Crippen LogP contribution < -0.4 is 15.0 Å². The molecule has 7 nitrogen and oxygen atoms in total. The number of hydrogen-bond acceptors (Lipinski definition) is 5. The number of aryl methyl sites for hydroxylation is 2. The number of halogens is 1. The smallest absolute Gasteiger partial charge is 0.267 e. The maximum Gasteiger partial charge on any atom is 0.267 e. The summed E-state index contributed by atoms with van der Waals surface area (Å²) in [5, 5.41) is 4.32. The van der Waals surface area contributed by atoms with Gasteiger partial charge in [-0.3, -0.25) is 4.79 Å². The Bertz CT molecular complexity index is 972. The van der Waals surface area contributed by atoms with E-state index in [2.05, 4.69) is 9.82 Å². The minimum Gasteiger partial charge on any atom is -0.497 e. The van der Waals surface area contributed by atoms with Crippen molar-refractivity contribution < 1.29 is 17.5 Å². The van der Waals surface area contributed by atoms with Crippen LogP contribution in [0.25, 0.3) is 0 Å². The first-order valence-corrected chi connectivity index (χ1v) is 9.82. The van der Waals surface area contributed by atoms with E-state index in [0.717, 1.165) is 49.1 Å². The van der Waals surface area contributed by atoms with Crippen LogP contribution in [0.5, 0.6) is 5.75 Å². The van der Waals surface area contributed by atoms with Gasteiger partial charge >= 0.3 is 0 Å². The SMILES string of the molecule is COc1ccc(S(=O)(=O)NCCn2nc3c(cc2=O)CCCC3)c(F)c1. The fraction of sp³-hybridized carbons (Fsp3) is 0.412. The molecule has 3 rings (SSSR count). The maximum absolute atomic E-state index is 14.0. The summed E-state index contributed by atoms with van der Waals surface area (Å²) < 4.78 is 46.9.